The molecule has 39 heavy (non-hydrogen) atoms. The van der Waals surface area contributed by atoms with Gasteiger partial charge in [-0.2, -0.15) is 0 Å². The Morgan fingerprint density at radius 3 is 2.38 bits per heavy atom. The Morgan fingerprint density at radius 1 is 0.974 bits per heavy atom. The number of aromatic nitrogens is 2. The van der Waals surface area contributed by atoms with Gasteiger partial charge in [0.15, 0.2) is 5.11 Å². The highest BCUT2D eigenvalue weighted by molar-refractivity contribution is 7.92. The van der Waals surface area contributed by atoms with Crippen LogP contribution in [0.15, 0.2) is 66.9 Å². The van der Waals surface area contributed by atoms with Gasteiger partial charge in [0.25, 0.3) is 0 Å². The Kier molecular flexibility index (Phi) is 7.17. The van der Waals surface area contributed by atoms with Crippen molar-refractivity contribution in [1.82, 2.24) is 14.9 Å². The minimum atomic E-state index is -3.41. The molecule has 1 aliphatic rings. The lowest BCUT2D eigenvalue weighted by Crippen LogP contribution is -2.30. The Morgan fingerprint density at radius 2 is 1.74 bits per heavy atom. The minimum absolute atomic E-state index is 0.208. The van der Waals surface area contributed by atoms with Gasteiger partial charge in [-0.3, -0.25) is 9.71 Å². The van der Waals surface area contributed by atoms with Crippen molar-refractivity contribution in [3.63, 3.8) is 0 Å². The first-order chi connectivity index (χ1) is 18.5. The topological polar surface area (TPSA) is 79.3 Å². The van der Waals surface area contributed by atoms with Gasteiger partial charge in [-0.15, -0.1) is 0 Å². The lowest BCUT2D eigenvalue weighted by atomic mass is 9.93. The van der Waals surface area contributed by atoms with E-state index in [4.69, 9.17) is 23.8 Å². The van der Waals surface area contributed by atoms with E-state index >= 15 is 0 Å². The number of hydrogen-bond donors (Lipinski definition) is 2. The van der Waals surface area contributed by atoms with Crippen LogP contribution in [0.5, 0.6) is 0 Å². The van der Waals surface area contributed by atoms with E-state index in [1.807, 2.05) is 55.5 Å². The van der Waals surface area contributed by atoms with E-state index in [9.17, 15) is 8.42 Å². The maximum Gasteiger partial charge on any atom is 0.229 e. The summed E-state index contributed by atoms with van der Waals surface area (Å²) in [5.41, 5.74) is 8.56. The number of nitrogens with zero attached hydrogens (tertiary/aromatic N) is 3. The Labute approximate surface area is 239 Å². The first kappa shape index (κ1) is 27.2. The molecule has 0 saturated carbocycles. The minimum Gasteiger partial charge on any atom is -0.351 e. The molecule has 2 aromatic heterocycles. The van der Waals surface area contributed by atoms with Crippen LogP contribution in [0.25, 0.3) is 5.69 Å². The summed E-state index contributed by atoms with van der Waals surface area (Å²) in [6.45, 7) is 8.25. The third-order valence-electron chi connectivity index (χ3n) is 7.25. The molecule has 0 amide bonds. The molecule has 1 aliphatic heterocycles. The molecule has 2 N–H and O–H groups in total. The van der Waals surface area contributed by atoms with Crippen LogP contribution >= 0.6 is 23.8 Å². The van der Waals surface area contributed by atoms with E-state index in [1.54, 1.807) is 12.3 Å². The van der Waals surface area contributed by atoms with Gasteiger partial charge in [-0.05, 0) is 99.6 Å². The predicted molar refractivity (Wildman–Crippen MR) is 163 cm³/mol. The summed E-state index contributed by atoms with van der Waals surface area (Å²) in [5.74, 6) is 0. The summed E-state index contributed by atoms with van der Waals surface area (Å²) >= 11 is 12.3. The van der Waals surface area contributed by atoms with Crippen molar-refractivity contribution in [1.29, 1.82) is 0 Å². The summed E-state index contributed by atoms with van der Waals surface area (Å²) < 4.78 is 28.5. The third-order valence-corrected chi connectivity index (χ3v) is 8.39. The summed E-state index contributed by atoms with van der Waals surface area (Å²) in [6, 6.07) is 18.9. The Hall–Kier alpha value is -3.40. The van der Waals surface area contributed by atoms with Gasteiger partial charge in [0, 0.05) is 39.5 Å². The fraction of sp³-hybridized carbons (Fsp3) is 0.241. The van der Waals surface area contributed by atoms with Gasteiger partial charge in [0.2, 0.25) is 10.0 Å². The summed E-state index contributed by atoms with van der Waals surface area (Å²) in [4.78, 5) is 6.79. The highest BCUT2D eigenvalue weighted by Gasteiger charge is 2.43. The fourth-order valence-corrected chi connectivity index (χ4v) is 6.64. The molecule has 3 heterocycles. The van der Waals surface area contributed by atoms with Gasteiger partial charge in [0.05, 0.1) is 29.7 Å². The van der Waals surface area contributed by atoms with E-state index in [-0.39, 0.29) is 12.1 Å². The van der Waals surface area contributed by atoms with Crippen molar-refractivity contribution in [2.24, 2.45) is 0 Å². The van der Waals surface area contributed by atoms with Crippen LogP contribution in [-0.4, -0.2) is 29.3 Å². The Bertz CT molecular complexity index is 1690. The van der Waals surface area contributed by atoms with E-state index in [2.05, 4.69) is 51.3 Å². The molecule has 0 bridgehead atoms. The van der Waals surface area contributed by atoms with Gasteiger partial charge < -0.3 is 14.8 Å². The molecule has 0 unspecified atom stereocenters. The number of thiocarbonyl (C=S) groups is 1. The largest absolute Gasteiger partial charge is 0.351 e. The lowest BCUT2D eigenvalue weighted by molar-refractivity contribution is 0.563. The van der Waals surface area contributed by atoms with Crippen molar-refractivity contribution in [3.05, 3.63) is 106 Å². The smallest absolute Gasteiger partial charge is 0.229 e. The van der Waals surface area contributed by atoms with Crippen molar-refractivity contribution in [2.45, 2.75) is 39.8 Å². The van der Waals surface area contributed by atoms with E-state index < -0.39 is 10.0 Å². The SMILES string of the molecule is Cc1cc(N2C(=S)N[C@H](c3ccccn3)[C@H]2c2c(C)c(C)n(-c3cccc(Cl)c3)c2C)ccc1NS(C)(=O)=O. The monoisotopic (exact) mass is 579 g/mol. The molecule has 2 aromatic carbocycles. The van der Waals surface area contributed by atoms with Crippen LogP contribution in [0.3, 0.4) is 0 Å². The van der Waals surface area contributed by atoms with E-state index in [0.717, 1.165) is 51.4 Å². The molecule has 10 heteroatoms. The molecule has 202 valence electrons. The normalized spacial score (nSPS) is 17.4. The average Bonchev–Trinajstić information content (AvgIpc) is 3.32. The second kappa shape index (κ2) is 10.3. The summed E-state index contributed by atoms with van der Waals surface area (Å²) in [7, 11) is -3.41. The molecule has 7 nitrogen and oxygen atoms in total. The van der Waals surface area contributed by atoms with Crippen LogP contribution in [0, 0.1) is 27.7 Å². The maximum absolute atomic E-state index is 11.9. The fourth-order valence-electron chi connectivity index (χ4n) is 5.48. The molecule has 1 fully saturated rings. The average molecular weight is 580 g/mol. The van der Waals surface area contributed by atoms with E-state index in [1.165, 1.54) is 0 Å². The number of rotatable bonds is 6. The number of anilines is 2. The van der Waals surface area contributed by atoms with E-state index in [0.29, 0.717) is 15.8 Å². The zero-order valence-electron chi connectivity index (χ0n) is 22.4. The third kappa shape index (κ3) is 5.14. The van der Waals surface area contributed by atoms with Gasteiger partial charge >= 0.3 is 0 Å². The first-order valence-corrected chi connectivity index (χ1v) is 15.2. The highest BCUT2D eigenvalue weighted by Crippen LogP contribution is 2.46. The summed E-state index contributed by atoms with van der Waals surface area (Å²) in [6.07, 6.45) is 2.93. The van der Waals surface area contributed by atoms with Crippen LogP contribution in [-0.2, 0) is 10.0 Å². The number of halogens is 1. The molecular formula is C29H30ClN5O2S2. The predicted octanol–water partition coefficient (Wildman–Crippen LogP) is 6.31. The van der Waals surface area contributed by atoms with Gasteiger partial charge in [-0.1, -0.05) is 23.7 Å². The van der Waals surface area contributed by atoms with Crippen LogP contribution < -0.4 is 14.9 Å². The standard InChI is InChI=1S/C29H30ClN5O2S2/c1-17-15-23(12-13-24(17)33-39(5,36)37)35-28(27(32-29(35)38)25-11-6-7-14-31-25)26-18(2)19(3)34(20(26)4)22-10-8-9-21(30)16-22/h6-16,27-28,33H,1-5H3,(H,32,38)/t27-,28-/m1/s1. The molecular weight excluding hydrogens is 550 g/mol. The van der Waals surface area contributed by atoms with Crippen molar-refractivity contribution in [2.75, 3.05) is 15.9 Å². The van der Waals surface area contributed by atoms with Crippen molar-refractivity contribution < 1.29 is 8.42 Å². The number of nitrogens with one attached hydrogen (secondary N) is 2. The lowest BCUT2D eigenvalue weighted by Gasteiger charge is -2.29. The number of aryl methyl sites for hydroxylation is 1. The molecule has 0 spiro atoms. The first-order valence-electron chi connectivity index (χ1n) is 12.5. The molecule has 1 saturated heterocycles. The van der Waals surface area contributed by atoms with Crippen LogP contribution in [0.1, 0.15) is 45.9 Å². The summed E-state index contributed by atoms with van der Waals surface area (Å²) in [5, 5.41) is 4.77. The quantitative estimate of drug-likeness (QED) is 0.261. The molecule has 4 aromatic rings. The van der Waals surface area contributed by atoms with Crippen molar-refractivity contribution in [3.8, 4) is 5.69 Å². The Balaban J connectivity index is 1.69. The zero-order valence-corrected chi connectivity index (χ0v) is 24.7. The zero-order chi connectivity index (χ0) is 28.1. The van der Waals surface area contributed by atoms with Crippen molar-refractivity contribution >= 4 is 50.3 Å². The molecule has 0 aliphatic carbocycles. The maximum atomic E-state index is 11.9. The number of hydrogen-bond acceptors (Lipinski definition) is 4. The van der Waals surface area contributed by atoms with Crippen LogP contribution in [0.2, 0.25) is 5.02 Å². The number of pyridine rings is 1. The van der Waals surface area contributed by atoms with Gasteiger partial charge in [-0.25, -0.2) is 8.42 Å². The molecule has 0 radical (unpaired) electrons. The van der Waals surface area contributed by atoms with Crippen LogP contribution in [0.4, 0.5) is 11.4 Å². The molecule has 2 atom stereocenters. The number of sulfonamides is 1. The second-order valence-electron chi connectivity index (χ2n) is 9.89. The number of benzene rings is 2. The second-order valence-corrected chi connectivity index (χ2v) is 12.5. The highest BCUT2D eigenvalue weighted by atomic mass is 35.5. The van der Waals surface area contributed by atoms with Gasteiger partial charge in [0.1, 0.15) is 0 Å². The molecule has 5 rings (SSSR count).